The van der Waals surface area contributed by atoms with Gasteiger partial charge in [0.15, 0.2) is 0 Å². The van der Waals surface area contributed by atoms with Crippen molar-refractivity contribution in [3.05, 3.63) is 95.1 Å². The van der Waals surface area contributed by atoms with Crippen molar-refractivity contribution >= 4 is 10.8 Å². The first kappa shape index (κ1) is 20.0. The minimum Gasteiger partial charge on any atom is -0.0914 e. The zero-order valence-corrected chi connectivity index (χ0v) is 18.2. The molecule has 0 heterocycles. The van der Waals surface area contributed by atoms with Crippen molar-refractivity contribution in [1.82, 2.24) is 0 Å². The van der Waals surface area contributed by atoms with Gasteiger partial charge in [-0.2, -0.15) is 0 Å². The van der Waals surface area contributed by atoms with E-state index in [1.807, 2.05) is 0 Å². The average Bonchev–Trinajstić information content (AvgIpc) is 2.79. The van der Waals surface area contributed by atoms with E-state index in [0.717, 1.165) is 18.3 Å². The van der Waals surface area contributed by atoms with E-state index in [9.17, 15) is 0 Å². The minimum absolute atomic E-state index is 0.421. The molecule has 1 fully saturated rings. The first-order valence-electron chi connectivity index (χ1n) is 11.4. The van der Waals surface area contributed by atoms with E-state index in [1.54, 1.807) is 0 Å². The Morgan fingerprint density at radius 3 is 2.17 bits per heavy atom. The van der Waals surface area contributed by atoms with Crippen LogP contribution in [0.15, 0.2) is 72.8 Å². The number of allylic oxidation sites excluding steroid dienone is 2. The number of hydrogen-bond donors (Lipinski definition) is 0. The molecule has 0 spiro atoms. The van der Waals surface area contributed by atoms with E-state index in [-0.39, 0.29) is 0 Å². The first-order valence-corrected chi connectivity index (χ1v) is 11.4. The third kappa shape index (κ3) is 4.47. The second-order valence-corrected chi connectivity index (χ2v) is 8.82. The van der Waals surface area contributed by atoms with Crippen LogP contribution in [0.4, 0.5) is 0 Å². The van der Waals surface area contributed by atoms with Crippen LogP contribution in [0.1, 0.15) is 80.5 Å². The molecular weight excluding hydrogens is 348 g/mol. The van der Waals surface area contributed by atoms with Crippen LogP contribution in [0.25, 0.3) is 10.8 Å². The van der Waals surface area contributed by atoms with Crippen LogP contribution in [0.3, 0.4) is 0 Å². The number of rotatable bonds is 5. The molecule has 3 aromatic rings. The molecular formula is C29H34. The summed E-state index contributed by atoms with van der Waals surface area (Å²) < 4.78 is 0. The smallest absolute Gasteiger partial charge is 0.00612 e. The molecule has 29 heavy (non-hydrogen) atoms. The molecule has 0 saturated heterocycles. The molecule has 0 bridgehead atoms. The lowest BCUT2D eigenvalue weighted by Gasteiger charge is -2.27. The molecule has 3 aromatic carbocycles. The molecule has 1 aliphatic carbocycles. The first-order chi connectivity index (χ1) is 14.2. The van der Waals surface area contributed by atoms with E-state index in [2.05, 4.69) is 93.6 Å². The zero-order valence-electron chi connectivity index (χ0n) is 18.2. The molecule has 0 aliphatic heterocycles. The Labute approximate surface area is 176 Å². The molecule has 1 saturated carbocycles. The lowest BCUT2D eigenvalue weighted by molar-refractivity contribution is 0.375. The summed E-state index contributed by atoms with van der Waals surface area (Å²) in [6, 6.07) is 23.3. The fraction of sp³-hybridized carbons (Fsp3) is 0.379. The summed E-state index contributed by atoms with van der Waals surface area (Å²) in [6.07, 6.45) is 11.0. The Balaban J connectivity index is 1.48. The van der Waals surface area contributed by atoms with Crippen LogP contribution in [-0.4, -0.2) is 0 Å². The second kappa shape index (κ2) is 8.99. The van der Waals surface area contributed by atoms with Crippen LogP contribution in [0, 0.1) is 5.92 Å². The molecule has 0 amide bonds. The predicted octanol–water partition coefficient (Wildman–Crippen LogP) is 8.40. The van der Waals surface area contributed by atoms with E-state index in [0.29, 0.717) is 5.92 Å². The maximum Gasteiger partial charge on any atom is 0.00612 e. The summed E-state index contributed by atoms with van der Waals surface area (Å²) in [7, 11) is 0. The van der Waals surface area contributed by atoms with Gasteiger partial charge in [-0.3, -0.25) is 0 Å². The van der Waals surface area contributed by atoms with Gasteiger partial charge in [0.1, 0.15) is 0 Å². The molecule has 0 radical (unpaired) electrons. The van der Waals surface area contributed by atoms with Crippen LogP contribution in [0.2, 0.25) is 0 Å². The number of fused-ring (bicyclic) bond motifs is 1. The molecule has 0 heteroatoms. The fourth-order valence-electron chi connectivity index (χ4n) is 4.97. The zero-order chi connectivity index (χ0) is 20.2. The maximum absolute atomic E-state index is 2.40. The van der Waals surface area contributed by atoms with Gasteiger partial charge in [0, 0.05) is 5.92 Å². The fourth-order valence-corrected chi connectivity index (χ4v) is 4.97. The normalized spacial score (nSPS) is 20.9. The predicted molar refractivity (Wildman–Crippen MR) is 127 cm³/mol. The van der Waals surface area contributed by atoms with Gasteiger partial charge >= 0.3 is 0 Å². The highest BCUT2D eigenvalue weighted by Crippen LogP contribution is 2.37. The molecule has 1 unspecified atom stereocenters. The van der Waals surface area contributed by atoms with Gasteiger partial charge in [-0.1, -0.05) is 86.7 Å². The highest BCUT2D eigenvalue weighted by molar-refractivity contribution is 5.84. The van der Waals surface area contributed by atoms with Crippen molar-refractivity contribution in [2.45, 2.75) is 64.7 Å². The van der Waals surface area contributed by atoms with Crippen molar-refractivity contribution in [2.75, 3.05) is 0 Å². The molecule has 1 aliphatic rings. The maximum atomic E-state index is 2.40. The van der Waals surface area contributed by atoms with Gasteiger partial charge < -0.3 is 0 Å². The molecule has 0 nitrogen and oxygen atoms in total. The molecule has 0 N–H and O–H groups in total. The SMILES string of the molecule is C/C=C/C1CCC(c2ccc(C(C)c3ccc4cc(CC)ccc4c3)cc2)CC1. The van der Waals surface area contributed by atoms with Crippen LogP contribution in [-0.2, 0) is 6.42 Å². The summed E-state index contributed by atoms with van der Waals surface area (Å²) in [6.45, 7) is 6.69. The van der Waals surface area contributed by atoms with Crippen LogP contribution in [0.5, 0.6) is 0 Å². The third-order valence-corrected chi connectivity index (χ3v) is 6.98. The van der Waals surface area contributed by atoms with Crippen molar-refractivity contribution < 1.29 is 0 Å². The van der Waals surface area contributed by atoms with E-state index >= 15 is 0 Å². The topological polar surface area (TPSA) is 0 Å². The lowest BCUT2D eigenvalue weighted by Crippen LogP contribution is -2.11. The number of hydrogen-bond acceptors (Lipinski definition) is 0. The average molecular weight is 383 g/mol. The molecule has 4 rings (SSSR count). The van der Waals surface area contributed by atoms with Gasteiger partial charge in [0.25, 0.3) is 0 Å². The Hall–Kier alpha value is -2.34. The number of benzene rings is 3. The van der Waals surface area contributed by atoms with Crippen LogP contribution < -0.4 is 0 Å². The third-order valence-electron chi connectivity index (χ3n) is 6.98. The highest BCUT2D eigenvalue weighted by atomic mass is 14.3. The Morgan fingerprint density at radius 1 is 0.828 bits per heavy atom. The summed E-state index contributed by atoms with van der Waals surface area (Å²) in [4.78, 5) is 0. The van der Waals surface area contributed by atoms with Crippen molar-refractivity contribution in [2.24, 2.45) is 5.92 Å². The van der Waals surface area contributed by atoms with Crippen LogP contribution >= 0.6 is 0 Å². The Morgan fingerprint density at radius 2 is 1.48 bits per heavy atom. The summed E-state index contributed by atoms with van der Waals surface area (Å²) >= 11 is 0. The van der Waals surface area contributed by atoms with E-state index < -0.39 is 0 Å². The van der Waals surface area contributed by atoms with Gasteiger partial charge in [-0.25, -0.2) is 0 Å². The van der Waals surface area contributed by atoms with Crippen molar-refractivity contribution in [3.63, 3.8) is 0 Å². The molecule has 1 atom stereocenters. The Bertz CT molecular complexity index is 969. The Kier molecular flexibility index (Phi) is 6.19. The van der Waals surface area contributed by atoms with E-state index in [1.165, 1.54) is 58.7 Å². The lowest BCUT2D eigenvalue weighted by atomic mass is 9.78. The van der Waals surface area contributed by atoms with Crippen molar-refractivity contribution in [1.29, 1.82) is 0 Å². The molecule has 0 aromatic heterocycles. The quantitative estimate of drug-likeness (QED) is 0.389. The number of aryl methyl sites for hydroxylation is 1. The van der Waals surface area contributed by atoms with Gasteiger partial charge in [0.2, 0.25) is 0 Å². The largest absolute Gasteiger partial charge is 0.0914 e. The van der Waals surface area contributed by atoms with Crippen molar-refractivity contribution in [3.8, 4) is 0 Å². The highest BCUT2D eigenvalue weighted by Gasteiger charge is 2.21. The minimum atomic E-state index is 0.421. The van der Waals surface area contributed by atoms with Gasteiger partial charge in [0.05, 0.1) is 0 Å². The monoisotopic (exact) mass is 382 g/mol. The standard InChI is InChI=1S/C29H34/c1-4-6-23-8-10-25(11-9-23)26-15-13-24(14-16-26)21(3)27-17-18-28-19-22(5-2)7-12-29(28)20-27/h4,6-7,12-21,23,25H,5,8-11H2,1-3H3/b6-4+. The summed E-state index contributed by atoms with van der Waals surface area (Å²) in [5.41, 5.74) is 5.77. The van der Waals surface area contributed by atoms with E-state index in [4.69, 9.17) is 0 Å². The summed E-state index contributed by atoms with van der Waals surface area (Å²) in [5, 5.41) is 2.70. The summed E-state index contributed by atoms with van der Waals surface area (Å²) in [5.74, 6) is 1.97. The van der Waals surface area contributed by atoms with Gasteiger partial charge in [-0.05, 0) is 83.9 Å². The molecule has 150 valence electrons. The second-order valence-electron chi connectivity index (χ2n) is 8.82. The van der Waals surface area contributed by atoms with Gasteiger partial charge in [-0.15, -0.1) is 0 Å².